The van der Waals surface area contributed by atoms with Gasteiger partial charge in [0.2, 0.25) is 5.91 Å². The van der Waals surface area contributed by atoms with E-state index >= 15 is 0 Å². The Bertz CT molecular complexity index is 879. The molecule has 7 atom stereocenters. The molecule has 1 fully saturated rings. The summed E-state index contributed by atoms with van der Waals surface area (Å²) in [5, 5.41) is 53.8. The van der Waals surface area contributed by atoms with Crippen molar-refractivity contribution in [2.75, 3.05) is 13.2 Å². The van der Waals surface area contributed by atoms with Crippen molar-refractivity contribution in [3.05, 3.63) is 36.5 Å². The lowest BCUT2D eigenvalue weighted by molar-refractivity contribution is -0.302. The van der Waals surface area contributed by atoms with Gasteiger partial charge in [-0.2, -0.15) is 0 Å². The second kappa shape index (κ2) is 32.1. The summed E-state index contributed by atoms with van der Waals surface area (Å²) >= 11 is 0. The molecule has 0 aromatic rings. The Balaban J connectivity index is 2.40. The second-order valence-corrected chi connectivity index (χ2v) is 14.1. The fraction of sp³-hybridized carbons (Fsp3) is 0.829. The number of hydrogen-bond acceptors (Lipinski definition) is 8. The normalized spacial score (nSPS) is 22.6. The van der Waals surface area contributed by atoms with E-state index in [2.05, 4.69) is 43.5 Å². The van der Waals surface area contributed by atoms with Crippen molar-refractivity contribution >= 4 is 5.91 Å². The number of rotatable bonds is 32. The molecule has 6 N–H and O–H groups in total. The average Bonchev–Trinajstić information content (AvgIpc) is 3.11. The summed E-state index contributed by atoms with van der Waals surface area (Å²) in [5.41, 5.74) is 0. The SMILES string of the molecule is CCCCCCCCCCCC/C=C/CC/C=C/CC/C=C/C(O)C(COC1OC(CO)C(O)C(O)C1O)NC(=O)CCCCCCCCC. The van der Waals surface area contributed by atoms with Gasteiger partial charge in [0.25, 0.3) is 0 Å². The van der Waals surface area contributed by atoms with Crippen molar-refractivity contribution in [1.29, 1.82) is 0 Å². The number of hydrogen-bond donors (Lipinski definition) is 6. The number of unbranched alkanes of at least 4 members (excludes halogenated alkanes) is 18. The molecule has 1 amide bonds. The van der Waals surface area contributed by atoms with E-state index in [0.29, 0.717) is 6.42 Å². The van der Waals surface area contributed by atoms with Gasteiger partial charge in [-0.25, -0.2) is 0 Å². The van der Waals surface area contributed by atoms with E-state index in [4.69, 9.17) is 9.47 Å². The van der Waals surface area contributed by atoms with Crippen molar-refractivity contribution < 1.29 is 39.8 Å². The molecular formula is C41H75NO8. The Morgan fingerprint density at radius 2 is 1.14 bits per heavy atom. The number of aliphatic hydroxyl groups excluding tert-OH is 5. The van der Waals surface area contributed by atoms with Crippen LogP contribution in [0.4, 0.5) is 0 Å². The van der Waals surface area contributed by atoms with Crippen molar-refractivity contribution in [3.8, 4) is 0 Å². The molecular weight excluding hydrogens is 634 g/mol. The first-order chi connectivity index (χ1) is 24.3. The third kappa shape index (κ3) is 23.1. The Labute approximate surface area is 304 Å². The van der Waals surface area contributed by atoms with Gasteiger partial charge in [-0.15, -0.1) is 0 Å². The van der Waals surface area contributed by atoms with Gasteiger partial charge in [0.1, 0.15) is 24.4 Å². The Hall–Kier alpha value is -1.59. The first kappa shape index (κ1) is 46.4. The highest BCUT2D eigenvalue weighted by atomic mass is 16.7. The molecule has 0 aliphatic carbocycles. The summed E-state index contributed by atoms with van der Waals surface area (Å²) in [6.07, 6.45) is 30.7. The topological polar surface area (TPSA) is 149 Å². The van der Waals surface area contributed by atoms with E-state index in [1.54, 1.807) is 6.08 Å². The molecule has 1 aliphatic rings. The molecule has 0 aromatic heterocycles. The van der Waals surface area contributed by atoms with Crippen LogP contribution in [0.15, 0.2) is 36.5 Å². The van der Waals surface area contributed by atoms with Gasteiger partial charge in [-0.3, -0.25) is 4.79 Å². The van der Waals surface area contributed by atoms with Gasteiger partial charge in [0.05, 0.1) is 25.4 Å². The Morgan fingerprint density at radius 1 is 0.660 bits per heavy atom. The molecule has 1 heterocycles. The fourth-order valence-electron chi connectivity index (χ4n) is 6.13. The molecule has 292 valence electrons. The lowest BCUT2D eigenvalue weighted by Crippen LogP contribution is -2.60. The van der Waals surface area contributed by atoms with Crippen molar-refractivity contribution in [2.24, 2.45) is 0 Å². The lowest BCUT2D eigenvalue weighted by Gasteiger charge is -2.40. The zero-order chi connectivity index (χ0) is 36.7. The number of ether oxygens (including phenoxy) is 2. The molecule has 9 heteroatoms. The van der Waals surface area contributed by atoms with Crippen LogP contribution in [0, 0.1) is 0 Å². The minimum atomic E-state index is -1.57. The van der Waals surface area contributed by atoms with Crippen molar-refractivity contribution in [2.45, 2.75) is 204 Å². The molecule has 0 saturated carbocycles. The predicted octanol–water partition coefficient (Wildman–Crippen LogP) is 7.33. The van der Waals surface area contributed by atoms with Crippen LogP contribution in [0.2, 0.25) is 0 Å². The van der Waals surface area contributed by atoms with Crippen LogP contribution in [0.5, 0.6) is 0 Å². The molecule has 0 aromatic carbocycles. The first-order valence-corrected chi connectivity index (χ1v) is 20.2. The van der Waals surface area contributed by atoms with Gasteiger partial charge in [-0.05, 0) is 44.9 Å². The largest absolute Gasteiger partial charge is 0.394 e. The summed E-state index contributed by atoms with van der Waals surface area (Å²) < 4.78 is 11.1. The maximum Gasteiger partial charge on any atom is 0.220 e. The lowest BCUT2D eigenvalue weighted by atomic mass is 9.99. The quantitative estimate of drug-likeness (QED) is 0.0314. The van der Waals surface area contributed by atoms with Crippen molar-refractivity contribution in [3.63, 3.8) is 0 Å². The third-order valence-corrected chi connectivity index (χ3v) is 9.45. The number of nitrogens with one attached hydrogen (secondary N) is 1. The number of allylic oxidation sites excluding steroid dienone is 5. The fourth-order valence-corrected chi connectivity index (χ4v) is 6.13. The maximum atomic E-state index is 12.8. The number of carbonyl (C=O) groups excluding carboxylic acids is 1. The predicted molar refractivity (Wildman–Crippen MR) is 203 cm³/mol. The van der Waals surface area contributed by atoms with E-state index < -0.39 is 49.5 Å². The average molecular weight is 710 g/mol. The van der Waals surface area contributed by atoms with Crippen LogP contribution in [-0.2, 0) is 14.3 Å². The van der Waals surface area contributed by atoms with Crippen LogP contribution in [0.3, 0.4) is 0 Å². The minimum absolute atomic E-state index is 0.200. The van der Waals surface area contributed by atoms with Gasteiger partial charge in [0, 0.05) is 6.42 Å². The highest BCUT2D eigenvalue weighted by molar-refractivity contribution is 5.76. The highest BCUT2D eigenvalue weighted by Crippen LogP contribution is 2.22. The van der Waals surface area contributed by atoms with E-state index in [0.717, 1.165) is 44.9 Å². The number of carbonyl (C=O) groups is 1. The summed E-state index contributed by atoms with van der Waals surface area (Å²) in [6.45, 7) is 3.67. The standard InChI is InChI=1S/C41H75NO8/c1-3-5-7-9-11-12-13-14-15-16-17-18-19-20-21-22-23-25-26-28-30-35(44)34(42-37(45)31-29-27-24-10-8-6-4-2)33-49-41-40(48)39(47)38(46)36(32-43)50-41/h18-19,22-23,28,30,34-36,38-41,43-44,46-48H,3-17,20-21,24-27,29,31-33H2,1-2H3,(H,42,45)/b19-18+,23-22+,30-28+. The molecule has 1 aliphatic heterocycles. The van der Waals surface area contributed by atoms with E-state index in [9.17, 15) is 30.3 Å². The minimum Gasteiger partial charge on any atom is -0.394 e. The first-order valence-electron chi connectivity index (χ1n) is 20.2. The van der Waals surface area contributed by atoms with Gasteiger partial charge >= 0.3 is 0 Å². The zero-order valence-electron chi connectivity index (χ0n) is 31.6. The molecule has 9 nitrogen and oxygen atoms in total. The molecule has 0 bridgehead atoms. The summed E-state index contributed by atoms with van der Waals surface area (Å²) in [4.78, 5) is 12.8. The van der Waals surface area contributed by atoms with Crippen LogP contribution in [0.1, 0.15) is 162 Å². The maximum absolute atomic E-state index is 12.8. The molecule has 1 rings (SSSR count). The van der Waals surface area contributed by atoms with Gasteiger partial charge < -0.3 is 40.3 Å². The van der Waals surface area contributed by atoms with Crippen molar-refractivity contribution in [1.82, 2.24) is 5.32 Å². The Kier molecular flexibility index (Phi) is 29.8. The van der Waals surface area contributed by atoms with E-state index in [1.165, 1.54) is 96.3 Å². The smallest absolute Gasteiger partial charge is 0.220 e. The van der Waals surface area contributed by atoms with Crippen LogP contribution >= 0.6 is 0 Å². The molecule has 0 spiro atoms. The van der Waals surface area contributed by atoms with E-state index in [-0.39, 0.29) is 12.5 Å². The van der Waals surface area contributed by atoms with Gasteiger partial charge in [-0.1, -0.05) is 147 Å². The monoisotopic (exact) mass is 710 g/mol. The second-order valence-electron chi connectivity index (χ2n) is 14.1. The number of aliphatic hydroxyl groups is 5. The summed E-state index contributed by atoms with van der Waals surface area (Å²) in [5.74, 6) is -0.200. The van der Waals surface area contributed by atoms with Crippen LogP contribution < -0.4 is 5.32 Å². The van der Waals surface area contributed by atoms with E-state index in [1.807, 2.05) is 6.08 Å². The summed E-state index contributed by atoms with van der Waals surface area (Å²) in [7, 11) is 0. The van der Waals surface area contributed by atoms with Gasteiger partial charge in [0.15, 0.2) is 6.29 Å². The Morgan fingerprint density at radius 3 is 1.68 bits per heavy atom. The zero-order valence-corrected chi connectivity index (χ0v) is 31.6. The molecule has 1 saturated heterocycles. The van der Waals surface area contributed by atoms with Crippen LogP contribution in [0.25, 0.3) is 0 Å². The molecule has 50 heavy (non-hydrogen) atoms. The molecule has 0 radical (unpaired) electrons. The third-order valence-electron chi connectivity index (χ3n) is 9.45. The summed E-state index contributed by atoms with van der Waals surface area (Å²) in [6, 6.07) is -0.821. The molecule has 7 unspecified atom stereocenters. The van der Waals surface area contributed by atoms with Crippen LogP contribution in [-0.4, -0.2) is 87.5 Å². The highest BCUT2D eigenvalue weighted by Gasteiger charge is 2.44. The number of amides is 1.